The molecule has 1 aromatic heterocycles. The third-order valence-corrected chi connectivity index (χ3v) is 3.92. The number of rotatable bonds is 4. The fraction of sp³-hybridized carbons (Fsp3) is 0.167. The van der Waals surface area contributed by atoms with Crippen molar-refractivity contribution in [1.82, 2.24) is 4.90 Å². The molecule has 0 spiro atoms. The van der Waals surface area contributed by atoms with E-state index in [9.17, 15) is 14.7 Å². The molecule has 2 heterocycles. The molecule has 5 nitrogen and oxygen atoms in total. The smallest absolute Gasteiger partial charge is 0.290 e. The predicted octanol–water partition coefficient (Wildman–Crippen LogP) is 1.99. The molecule has 1 atom stereocenters. The van der Waals surface area contributed by atoms with Crippen molar-refractivity contribution in [2.75, 3.05) is 0 Å². The molecule has 0 radical (unpaired) electrons. The minimum atomic E-state index is -0.568. The van der Waals surface area contributed by atoms with E-state index in [-0.39, 0.29) is 11.4 Å². The molecule has 23 heavy (non-hydrogen) atoms. The number of aliphatic hydroxyl groups is 1. The van der Waals surface area contributed by atoms with Crippen molar-refractivity contribution in [2.45, 2.75) is 19.5 Å². The van der Waals surface area contributed by atoms with Gasteiger partial charge in [-0.15, -0.1) is 0 Å². The number of benzene rings is 1. The zero-order valence-corrected chi connectivity index (χ0v) is 12.7. The highest BCUT2D eigenvalue weighted by Gasteiger charge is 2.42. The van der Waals surface area contributed by atoms with Crippen LogP contribution in [0.1, 0.15) is 24.1 Å². The Morgan fingerprint density at radius 2 is 1.96 bits per heavy atom. The normalized spacial score (nSPS) is 17.7. The fourth-order valence-corrected chi connectivity index (χ4v) is 2.88. The van der Waals surface area contributed by atoms with E-state index in [4.69, 9.17) is 0 Å². The number of nitrogens with zero attached hydrogens (tertiary/aromatic N) is 1. The predicted molar refractivity (Wildman–Crippen MR) is 83.1 cm³/mol. The number of aromatic amines is 1. The van der Waals surface area contributed by atoms with Crippen LogP contribution in [0.15, 0.2) is 66.2 Å². The lowest BCUT2D eigenvalue weighted by atomic mass is 9.96. The number of nitrogens with one attached hydrogen (secondary N) is 1. The van der Waals surface area contributed by atoms with Crippen LogP contribution in [0.2, 0.25) is 0 Å². The van der Waals surface area contributed by atoms with Crippen LogP contribution in [0.4, 0.5) is 0 Å². The zero-order valence-electron chi connectivity index (χ0n) is 12.7. The summed E-state index contributed by atoms with van der Waals surface area (Å²) in [5.74, 6) is -1.27. The molecule has 0 aliphatic carbocycles. The minimum absolute atomic E-state index is 0.154. The summed E-state index contributed by atoms with van der Waals surface area (Å²) in [6.07, 6.45) is 3.57. The minimum Gasteiger partial charge on any atom is -0.503 e. The lowest BCUT2D eigenvalue weighted by molar-refractivity contribution is -0.378. The standard InChI is InChI=1S/C18H16N2O3/c1-12(21)15-16(14-7-3-2-4-8-14)20(18(23)17(15)22)11-13-6-5-9-19-10-13/h2-10,16,22H,11H2,1H3/p+1. The summed E-state index contributed by atoms with van der Waals surface area (Å²) >= 11 is 0. The lowest BCUT2D eigenvalue weighted by Crippen LogP contribution is -2.30. The van der Waals surface area contributed by atoms with Gasteiger partial charge in [-0.3, -0.25) is 9.59 Å². The van der Waals surface area contributed by atoms with Gasteiger partial charge in [0.2, 0.25) is 0 Å². The molecule has 1 aliphatic rings. The van der Waals surface area contributed by atoms with Crippen LogP contribution in [-0.4, -0.2) is 21.7 Å². The monoisotopic (exact) mass is 309 g/mol. The van der Waals surface area contributed by atoms with E-state index in [1.54, 1.807) is 12.4 Å². The van der Waals surface area contributed by atoms with Crippen LogP contribution in [-0.2, 0) is 16.1 Å². The molecular weight excluding hydrogens is 292 g/mol. The summed E-state index contributed by atoms with van der Waals surface area (Å²) in [5, 5.41) is 10.2. The molecule has 0 saturated heterocycles. The summed E-state index contributed by atoms with van der Waals surface area (Å²) in [4.78, 5) is 28.9. The Kier molecular flexibility index (Phi) is 3.93. The third-order valence-electron chi connectivity index (χ3n) is 3.92. The van der Waals surface area contributed by atoms with Crippen molar-refractivity contribution in [1.29, 1.82) is 0 Å². The Bertz CT molecular complexity index is 769. The molecule has 5 heteroatoms. The van der Waals surface area contributed by atoms with E-state index in [1.165, 1.54) is 11.8 Å². The molecule has 0 fully saturated rings. The molecule has 3 rings (SSSR count). The quantitative estimate of drug-likeness (QED) is 0.938. The van der Waals surface area contributed by atoms with E-state index in [0.717, 1.165) is 11.1 Å². The largest absolute Gasteiger partial charge is 0.503 e. The van der Waals surface area contributed by atoms with Gasteiger partial charge in [0, 0.05) is 11.6 Å². The van der Waals surface area contributed by atoms with Gasteiger partial charge in [0.05, 0.1) is 18.2 Å². The van der Waals surface area contributed by atoms with Gasteiger partial charge in [-0.25, -0.2) is 4.98 Å². The summed E-state index contributed by atoms with van der Waals surface area (Å²) in [7, 11) is 0. The number of pyridine rings is 1. The van der Waals surface area contributed by atoms with E-state index >= 15 is 0 Å². The van der Waals surface area contributed by atoms with Crippen molar-refractivity contribution in [3.8, 4) is 0 Å². The number of carbonyl (C=O) groups is 2. The van der Waals surface area contributed by atoms with Crippen LogP contribution in [0.25, 0.3) is 0 Å². The summed E-state index contributed by atoms with van der Waals surface area (Å²) in [6, 6.07) is 12.4. The second-order valence-corrected chi connectivity index (χ2v) is 5.48. The number of aromatic nitrogens is 1. The van der Waals surface area contributed by atoms with Crippen LogP contribution >= 0.6 is 0 Å². The van der Waals surface area contributed by atoms with Gasteiger partial charge in [-0.2, -0.15) is 0 Å². The third kappa shape index (κ3) is 2.73. The van der Waals surface area contributed by atoms with Crippen LogP contribution in [0.3, 0.4) is 0 Å². The van der Waals surface area contributed by atoms with Gasteiger partial charge in [-0.1, -0.05) is 30.3 Å². The summed E-state index contributed by atoms with van der Waals surface area (Å²) in [5.41, 5.74) is 1.84. The average Bonchev–Trinajstić information content (AvgIpc) is 2.82. The molecule has 0 saturated carbocycles. The van der Waals surface area contributed by atoms with Crippen molar-refractivity contribution < 1.29 is 19.7 Å². The van der Waals surface area contributed by atoms with E-state index in [0.29, 0.717) is 6.54 Å². The Labute approximate surface area is 133 Å². The number of carbonyl (C=O) groups excluding carboxylic acids is 2. The Balaban J connectivity index is 2.04. The van der Waals surface area contributed by atoms with Crippen molar-refractivity contribution in [2.24, 2.45) is 0 Å². The highest BCUT2D eigenvalue weighted by Crippen LogP contribution is 2.38. The number of Topliss-reactive ketones (excluding diaryl/α,β-unsaturated/α-hetero) is 1. The van der Waals surface area contributed by atoms with Gasteiger partial charge < -0.3 is 10.0 Å². The van der Waals surface area contributed by atoms with Gasteiger partial charge in [0.1, 0.15) is 0 Å². The number of amides is 1. The first-order valence-electron chi connectivity index (χ1n) is 7.34. The molecule has 1 amide bonds. The second-order valence-electron chi connectivity index (χ2n) is 5.48. The SMILES string of the molecule is CC(=O)C1=C(O)C(=O)N(Cc2ccc[nH+]c2)C1c1ccccc1. The van der Waals surface area contributed by atoms with Crippen LogP contribution in [0, 0.1) is 0 Å². The highest BCUT2D eigenvalue weighted by atomic mass is 16.3. The van der Waals surface area contributed by atoms with E-state index in [2.05, 4.69) is 4.98 Å². The van der Waals surface area contributed by atoms with Gasteiger partial charge in [0.15, 0.2) is 23.9 Å². The first kappa shape index (κ1) is 15.0. The Hall–Kier alpha value is -2.95. The van der Waals surface area contributed by atoms with E-state index in [1.807, 2.05) is 42.5 Å². The van der Waals surface area contributed by atoms with Gasteiger partial charge >= 0.3 is 0 Å². The van der Waals surface area contributed by atoms with Crippen molar-refractivity contribution in [3.63, 3.8) is 0 Å². The lowest BCUT2D eigenvalue weighted by Gasteiger charge is -2.26. The summed E-state index contributed by atoms with van der Waals surface area (Å²) in [6.45, 7) is 1.67. The topological polar surface area (TPSA) is 71.8 Å². The maximum atomic E-state index is 12.5. The molecule has 1 unspecified atom stereocenters. The molecule has 1 aliphatic heterocycles. The Morgan fingerprint density at radius 1 is 1.22 bits per heavy atom. The number of hydrogen-bond acceptors (Lipinski definition) is 3. The average molecular weight is 309 g/mol. The van der Waals surface area contributed by atoms with Crippen molar-refractivity contribution >= 4 is 11.7 Å². The second kappa shape index (κ2) is 6.04. The molecule has 116 valence electrons. The summed E-state index contributed by atoms with van der Waals surface area (Å²) < 4.78 is 0. The maximum Gasteiger partial charge on any atom is 0.290 e. The number of hydrogen-bond donors (Lipinski definition) is 1. The van der Waals surface area contributed by atoms with Crippen LogP contribution < -0.4 is 4.98 Å². The molecular formula is C18H17N2O3+. The number of H-pyrrole nitrogens is 1. The molecule has 0 bridgehead atoms. The highest BCUT2D eigenvalue weighted by molar-refractivity contribution is 6.08. The van der Waals surface area contributed by atoms with Crippen LogP contribution in [0.5, 0.6) is 0 Å². The first-order valence-corrected chi connectivity index (χ1v) is 7.34. The zero-order chi connectivity index (χ0) is 16.4. The van der Waals surface area contributed by atoms with E-state index < -0.39 is 17.7 Å². The maximum absolute atomic E-state index is 12.5. The fourth-order valence-electron chi connectivity index (χ4n) is 2.88. The number of aliphatic hydroxyl groups excluding tert-OH is 1. The number of ketones is 1. The first-order chi connectivity index (χ1) is 11.1. The molecule has 2 aromatic rings. The molecule has 2 N–H and O–H groups in total. The van der Waals surface area contributed by atoms with Gasteiger partial charge in [-0.05, 0) is 18.6 Å². The van der Waals surface area contributed by atoms with Crippen molar-refractivity contribution in [3.05, 3.63) is 77.3 Å². The Morgan fingerprint density at radius 3 is 2.57 bits per heavy atom. The van der Waals surface area contributed by atoms with Gasteiger partial charge in [0.25, 0.3) is 5.91 Å². The molecule has 1 aromatic carbocycles.